The molecular weight excluding hydrogens is 528 g/mol. The lowest BCUT2D eigenvalue weighted by atomic mass is 9.74. The van der Waals surface area contributed by atoms with Crippen LogP contribution in [-0.2, 0) is 13.1 Å². The smallest absolute Gasteiger partial charge is 0.251 e. The van der Waals surface area contributed by atoms with Crippen LogP contribution in [-0.4, -0.2) is 56.2 Å². The van der Waals surface area contributed by atoms with E-state index in [1.54, 1.807) is 6.07 Å². The Morgan fingerprint density at radius 3 is 2.55 bits per heavy atom. The van der Waals surface area contributed by atoms with Gasteiger partial charge in [-0.1, -0.05) is 68.5 Å². The number of piperidine rings is 1. The number of hydrogen-bond donors (Lipinski definition) is 5. The highest BCUT2D eigenvalue weighted by atomic mass is 16.3. The number of carbonyl (C=O) groups excluding carboxylic acids is 1. The molecule has 1 aromatic heterocycles. The first kappa shape index (κ1) is 30.2. The van der Waals surface area contributed by atoms with Crippen LogP contribution >= 0.6 is 0 Å². The molecule has 1 saturated carbocycles. The van der Waals surface area contributed by atoms with Gasteiger partial charge in [0.15, 0.2) is 5.82 Å². The number of carbonyl (C=O) groups is 1. The maximum absolute atomic E-state index is 13.1. The Morgan fingerprint density at radius 1 is 1.00 bits per heavy atom. The van der Waals surface area contributed by atoms with Crippen LogP contribution in [0.3, 0.4) is 0 Å². The average Bonchev–Trinajstić information content (AvgIpc) is 3.41. The van der Waals surface area contributed by atoms with Gasteiger partial charge in [0, 0.05) is 35.9 Å². The van der Waals surface area contributed by atoms with Gasteiger partial charge in [0.2, 0.25) is 0 Å². The molecule has 9 heteroatoms. The van der Waals surface area contributed by atoms with Gasteiger partial charge >= 0.3 is 0 Å². The summed E-state index contributed by atoms with van der Waals surface area (Å²) in [6.45, 7) is 1.90. The normalized spacial score (nSPS) is 19.5. The molecule has 1 amide bonds. The number of benzene rings is 2. The zero-order valence-corrected chi connectivity index (χ0v) is 24.6. The Bertz CT molecular complexity index is 1270. The van der Waals surface area contributed by atoms with E-state index in [2.05, 4.69) is 30.7 Å². The monoisotopic (exact) mass is 574 g/mol. The third-order valence-corrected chi connectivity index (χ3v) is 8.99. The van der Waals surface area contributed by atoms with Gasteiger partial charge in [-0.2, -0.15) is 0 Å². The van der Waals surface area contributed by atoms with E-state index < -0.39 is 0 Å². The maximum atomic E-state index is 13.1. The number of aliphatic hydroxyl groups excluding tert-OH is 2. The largest absolute Gasteiger partial charge is 0.396 e. The zero-order valence-electron chi connectivity index (χ0n) is 24.6. The summed E-state index contributed by atoms with van der Waals surface area (Å²) in [6.07, 6.45) is 11.5. The fraction of sp³-hybridized carbons (Fsp3) is 0.545. The minimum atomic E-state index is -0.271. The van der Waals surface area contributed by atoms with Crippen LogP contribution in [0.2, 0.25) is 0 Å². The number of amides is 1. The second kappa shape index (κ2) is 14.8. The van der Waals surface area contributed by atoms with E-state index in [0.29, 0.717) is 31.0 Å². The average molecular weight is 575 g/mol. The van der Waals surface area contributed by atoms with Crippen molar-refractivity contribution in [3.8, 4) is 0 Å². The molecule has 2 heterocycles. The molecule has 1 saturated heterocycles. The van der Waals surface area contributed by atoms with E-state index >= 15 is 0 Å². The van der Waals surface area contributed by atoms with Crippen LogP contribution < -0.4 is 16.0 Å². The summed E-state index contributed by atoms with van der Waals surface area (Å²) in [5.74, 6) is 1.89. The summed E-state index contributed by atoms with van der Waals surface area (Å²) >= 11 is 0. The molecule has 1 unspecified atom stereocenters. The lowest BCUT2D eigenvalue weighted by Crippen LogP contribution is -2.51. The first-order valence-corrected chi connectivity index (χ1v) is 15.7. The molecule has 2 atom stereocenters. The van der Waals surface area contributed by atoms with E-state index in [1.165, 1.54) is 44.9 Å². The number of aromatic nitrogens is 3. The van der Waals surface area contributed by atoms with Crippen molar-refractivity contribution in [1.29, 1.82) is 0 Å². The van der Waals surface area contributed by atoms with Crippen molar-refractivity contribution < 1.29 is 15.0 Å². The topological polar surface area (TPSA) is 124 Å². The standard InChI is InChI=1S/C33H46N6O3/c40-20-15-29(25-10-5-4-6-11-25)36-32(42)26-12-9-13-28(22-26)34-24-30-37-38-31(39(30)19-21-41)27-14-18-35-33(23-27)16-7-2-1-3-8-17-33/h4-6,9-13,22,27,29,34-35,40-41H,1-3,7-8,14-21,23-24H2,(H,36,42)/t27?,29-/m1/s1. The number of nitrogens with one attached hydrogen (secondary N) is 3. The number of anilines is 1. The van der Waals surface area contributed by atoms with E-state index in [-0.39, 0.29) is 30.7 Å². The van der Waals surface area contributed by atoms with Crippen molar-refractivity contribution in [3.63, 3.8) is 0 Å². The van der Waals surface area contributed by atoms with E-state index in [0.717, 1.165) is 42.3 Å². The number of rotatable bonds is 11. The summed E-state index contributed by atoms with van der Waals surface area (Å²) in [4.78, 5) is 13.1. The number of nitrogens with zero attached hydrogens (tertiary/aromatic N) is 3. The van der Waals surface area contributed by atoms with Crippen LogP contribution in [0.25, 0.3) is 0 Å². The van der Waals surface area contributed by atoms with Crippen molar-refractivity contribution in [3.05, 3.63) is 77.4 Å². The minimum Gasteiger partial charge on any atom is -0.396 e. The highest BCUT2D eigenvalue weighted by molar-refractivity contribution is 5.95. The van der Waals surface area contributed by atoms with Crippen molar-refractivity contribution >= 4 is 11.6 Å². The third-order valence-electron chi connectivity index (χ3n) is 8.99. The van der Waals surface area contributed by atoms with Crippen molar-refractivity contribution in [1.82, 2.24) is 25.4 Å². The summed E-state index contributed by atoms with van der Waals surface area (Å²) in [5.41, 5.74) is 2.49. The van der Waals surface area contributed by atoms with E-state index in [4.69, 9.17) is 0 Å². The van der Waals surface area contributed by atoms with Crippen LogP contribution in [0.15, 0.2) is 54.6 Å². The number of aliphatic hydroxyl groups is 2. The lowest BCUT2D eigenvalue weighted by molar-refractivity contribution is 0.0930. The highest BCUT2D eigenvalue weighted by Crippen LogP contribution is 2.39. The van der Waals surface area contributed by atoms with Crippen LogP contribution in [0.5, 0.6) is 0 Å². The molecule has 2 aromatic carbocycles. The van der Waals surface area contributed by atoms with Gasteiger partial charge in [0.05, 0.1) is 19.2 Å². The maximum Gasteiger partial charge on any atom is 0.251 e. The molecule has 2 aliphatic rings. The SMILES string of the molecule is O=C(N[C@H](CCO)c1ccccc1)c1cccc(NCc2nnc(C3CCNC4(CCCCCCC4)C3)n2CCO)c1. The molecule has 3 aromatic rings. The van der Waals surface area contributed by atoms with Gasteiger partial charge in [-0.25, -0.2) is 0 Å². The third kappa shape index (κ3) is 7.56. The second-order valence-corrected chi connectivity index (χ2v) is 11.9. The predicted molar refractivity (Wildman–Crippen MR) is 164 cm³/mol. The van der Waals surface area contributed by atoms with Gasteiger partial charge in [0.1, 0.15) is 5.82 Å². The molecular formula is C33H46N6O3. The predicted octanol–water partition coefficient (Wildman–Crippen LogP) is 4.69. The Labute approximate surface area is 249 Å². The highest BCUT2D eigenvalue weighted by Gasteiger charge is 2.38. The Morgan fingerprint density at radius 2 is 1.79 bits per heavy atom. The summed E-state index contributed by atoms with van der Waals surface area (Å²) in [6, 6.07) is 16.8. The van der Waals surface area contributed by atoms with Crippen molar-refractivity contribution in [2.24, 2.45) is 0 Å². The first-order chi connectivity index (χ1) is 20.6. The van der Waals surface area contributed by atoms with Gasteiger partial charge < -0.3 is 30.7 Å². The summed E-state index contributed by atoms with van der Waals surface area (Å²) in [5, 5.41) is 39.0. The van der Waals surface area contributed by atoms with E-state index in [1.807, 2.05) is 48.5 Å². The first-order valence-electron chi connectivity index (χ1n) is 15.7. The van der Waals surface area contributed by atoms with Crippen molar-refractivity contribution in [2.45, 2.75) is 94.8 Å². The quantitative estimate of drug-likeness (QED) is 0.225. The molecule has 5 N–H and O–H groups in total. The molecule has 5 rings (SSSR count). The fourth-order valence-corrected chi connectivity index (χ4v) is 6.80. The van der Waals surface area contributed by atoms with Gasteiger partial charge in [-0.05, 0) is 62.4 Å². The molecule has 9 nitrogen and oxygen atoms in total. The Balaban J connectivity index is 1.26. The Kier molecular flexibility index (Phi) is 10.6. The molecule has 1 aliphatic heterocycles. The fourth-order valence-electron chi connectivity index (χ4n) is 6.80. The molecule has 0 bridgehead atoms. The molecule has 0 radical (unpaired) electrons. The molecule has 42 heavy (non-hydrogen) atoms. The van der Waals surface area contributed by atoms with Crippen molar-refractivity contribution in [2.75, 3.05) is 25.1 Å². The molecule has 1 spiro atoms. The van der Waals surface area contributed by atoms with Gasteiger partial charge in [-0.3, -0.25) is 4.79 Å². The number of hydrogen-bond acceptors (Lipinski definition) is 7. The van der Waals surface area contributed by atoms with Gasteiger partial charge in [0.25, 0.3) is 5.91 Å². The van der Waals surface area contributed by atoms with Crippen LogP contribution in [0, 0.1) is 0 Å². The molecule has 1 aliphatic carbocycles. The Hall–Kier alpha value is -3.27. The van der Waals surface area contributed by atoms with Crippen LogP contribution in [0.1, 0.15) is 104 Å². The summed E-state index contributed by atoms with van der Waals surface area (Å²) in [7, 11) is 0. The zero-order chi connectivity index (χ0) is 29.2. The summed E-state index contributed by atoms with van der Waals surface area (Å²) < 4.78 is 2.09. The lowest BCUT2D eigenvalue weighted by Gasteiger charge is -2.43. The van der Waals surface area contributed by atoms with Gasteiger partial charge in [-0.15, -0.1) is 10.2 Å². The molecule has 226 valence electrons. The van der Waals surface area contributed by atoms with Crippen LogP contribution in [0.4, 0.5) is 5.69 Å². The second-order valence-electron chi connectivity index (χ2n) is 11.9. The molecule has 2 fully saturated rings. The minimum absolute atomic E-state index is 0.0176. The van der Waals surface area contributed by atoms with E-state index in [9.17, 15) is 15.0 Å².